The summed E-state index contributed by atoms with van der Waals surface area (Å²) in [4.78, 5) is 6.68. The average Bonchev–Trinajstić information content (AvgIpc) is 2.91. The molecule has 0 bridgehead atoms. The van der Waals surface area contributed by atoms with Crippen molar-refractivity contribution in [2.75, 3.05) is 13.1 Å². The molecule has 20 heavy (non-hydrogen) atoms. The van der Waals surface area contributed by atoms with Gasteiger partial charge < -0.3 is 9.63 Å². The lowest BCUT2D eigenvalue weighted by Gasteiger charge is -2.35. The Labute approximate surface area is 118 Å². The molecule has 1 saturated heterocycles. The van der Waals surface area contributed by atoms with E-state index in [0.29, 0.717) is 18.3 Å². The van der Waals surface area contributed by atoms with Crippen LogP contribution in [0.5, 0.6) is 0 Å². The Kier molecular flexibility index (Phi) is 3.54. The molecule has 0 unspecified atom stereocenters. The van der Waals surface area contributed by atoms with Crippen LogP contribution < -0.4 is 0 Å². The summed E-state index contributed by atoms with van der Waals surface area (Å²) in [5.74, 6) is 1.26. The maximum atomic E-state index is 9.93. The summed E-state index contributed by atoms with van der Waals surface area (Å²) in [5.41, 5.74) is 0.413. The number of hydrogen-bond acceptors (Lipinski definition) is 5. The van der Waals surface area contributed by atoms with Crippen molar-refractivity contribution in [2.24, 2.45) is 0 Å². The van der Waals surface area contributed by atoms with E-state index in [1.807, 2.05) is 37.3 Å². The quantitative estimate of drug-likeness (QED) is 0.927. The fourth-order valence-electron chi connectivity index (χ4n) is 2.41. The lowest BCUT2D eigenvalue weighted by molar-refractivity contribution is -0.00799. The van der Waals surface area contributed by atoms with Crippen LogP contribution in [0.2, 0.25) is 0 Å². The summed E-state index contributed by atoms with van der Waals surface area (Å²) < 4.78 is 5.30. The predicted octanol–water partition coefficient (Wildman–Crippen LogP) is 2.08. The van der Waals surface area contributed by atoms with Crippen LogP contribution in [-0.4, -0.2) is 38.8 Å². The summed E-state index contributed by atoms with van der Waals surface area (Å²) in [7, 11) is 0. The number of benzene rings is 1. The van der Waals surface area contributed by atoms with Gasteiger partial charge in [0.2, 0.25) is 0 Å². The van der Waals surface area contributed by atoms with Crippen molar-refractivity contribution in [3.05, 3.63) is 36.2 Å². The first-order valence-corrected chi connectivity index (χ1v) is 6.95. The summed E-state index contributed by atoms with van der Waals surface area (Å²) in [6, 6.07) is 9.77. The van der Waals surface area contributed by atoms with E-state index in [-0.39, 0.29) is 0 Å². The van der Waals surface area contributed by atoms with E-state index in [9.17, 15) is 5.11 Å². The van der Waals surface area contributed by atoms with Crippen LogP contribution in [0.1, 0.15) is 25.6 Å². The molecule has 1 fully saturated rings. The molecule has 0 saturated carbocycles. The van der Waals surface area contributed by atoms with Crippen molar-refractivity contribution in [1.29, 1.82) is 0 Å². The lowest BCUT2D eigenvalue weighted by Crippen LogP contribution is -2.42. The molecule has 5 nitrogen and oxygen atoms in total. The Hall–Kier alpha value is -1.72. The second-order valence-electron chi connectivity index (χ2n) is 5.65. The van der Waals surface area contributed by atoms with Crippen molar-refractivity contribution in [3.8, 4) is 11.5 Å². The lowest BCUT2D eigenvalue weighted by atomic mass is 9.94. The smallest absolute Gasteiger partial charge is 0.257 e. The van der Waals surface area contributed by atoms with Gasteiger partial charge in [-0.05, 0) is 31.9 Å². The molecule has 0 atom stereocenters. The van der Waals surface area contributed by atoms with Crippen molar-refractivity contribution in [1.82, 2.24) is 15.0 Å². The van der Waals surface area contributed by atoms with Crippen LogP contribution in [-0.2, 0) is 6.54 Å². The Morgan fingerprint density at radius 2 is 1.95 bits per heavy atom. The van der Waals surface area contributed by atoms with Crippen molar-refractivity contribution < 1.29 is 9.63 Å². The predicted molar refractivity (Wildman–Crippen MR) is 74.9 cm³/mol. The minimum Gasteiger partial charge on any atom is -0.390 e. The van der Waals surface area contributed by atoms with Crippen LogP contribution in [0.15, 0.2) is 34.9 Å². The third kappa shape index (κ3) is 3.05. The van der Waals surface area contributed by atoms with Gasteiger partial charge in [-0.1, -0.05) is 23.4 Å². The van der Waals surface area contributed by atoms with Gasteiger partial charge in [-0.2, -0.15) is 4.98 Å². The van der Waals surface area contributed by atoms with E-state index in [2.05, 4.69) is 15.0 Å². The third-order valence-electron chi connectivity index (χ3n) is 3.79. The number of nitrogens with zero attached hydrogens (tertiary/aromatic N) is 3. The highest BCUT2D eigenvalue weighted by atomic mass is 16.5. The normalized spacial score (nSPS) is 19.1. The molecule has 0 amide bonds. The van der Waals surface area contributed by atoms with Crippen molar-refractivity contribution in [3.63, 3.8) is 0 Å². The van der Waals surface area contributed by atoms with E-state index < -0.39 is 5.60 Å². The largest absolute Gasteiger partial charge is 0.390 e. The minimum absolute atomic E-state index is 0.525. The molecule has 1 aliphatic heterocycles. The summed E-state index contributed by atoms with van der Waals surface area (Å²) in [6.45, 7) is 4.29. The SMILES string of the molecule is CC1(O)CCN(Cc2noc(-c3ccccc3)n2)CC1. The summed E-state index contributed by atoms with van der Waals surface area (Å²) in [6.07, 6.45) is 1.58. The topological polar surface area (TPSA) is 62.4 Å². The number of rotatable bonds is 3. The highest BCUT2D eigenvalue weighted by molar-refractivity contribution is 5.51. The Balaban J connectivity index is 1.64. The van der Waals surface area contributed by atoms with Gasteiger partial charge >= 0.3 is 0 Å². The van der Waals surface area contributed by atoms with Gasteiger partial charge in [0.25, 0.3) is 5.89 Å². The number of piperidine rings is 1. The molecule has 1 N–H and O–H groups in total. The van der Waals surface area contributed by atoms with Crippen LogP contribution in [0.3, 0.4) is 0 Å². The van der Waals surface area contributed by atoms with Gasteiger partial charge in [0.1, 0.15) is 0 Å². The zero-order valence-corrected chi connectivity index (χ0v) is 11.6. The molecular weight excluding hydrogens is 254 g/mol. The van der Waals surface area contributed by atoms with Gasteiger partial charge in [-0.25, -0.2) is 0 Å². The summed E-state index contributed by atoms with van der Waals surface area (Å²) in [5, 5.41) is 14.0. The van der Waals surface area contributed by atoms with E-state index in [4.69, 9.17) is 4.52 Å². The van der Waals surface area contributed by atoms with Crippen molar-refractivity contribution in [2.45, 2.75) is 31.9 Å². The first-order valence-electron chi connectivity index (χ1n) is 6.95. The van der Waals surface area contributed by atoms with E-state index in [1.54, 1.807) is 0 Å². The van der Waals surface area contributed by atoms with Gasteiger partial charge in [-0.15, -0.1) is 0 Å². The number of aliphatic hydroxyl groups is 1. The zero-order valence-electron chi connectivity index (χ0n) is 11.6. The molecule has 3 rings (SSSR count). The van der Waals surface area contributed by atoms with Gasteiger partial charge in [-0.3, -0.25) is 4.90 Å². The molecule has 106 valence electrons. The number of aromatic nitrogens is 2. The zero-order chi connectivity index (χ0) is 14.0. The molecule has 2 heterocycles. The van der Waals surface area contributed by atoms with Gasteiger partial charge in [0, 0.05) is 18.7 Å². The number of hydrogen-bond donors (Lipinski definition) is 1. The van der Waals surface area contributed by atoms with Crippen molar-refractivity contribution >= 4 is 0 Å². The van der Waals surface area contributed by atoms with Gasteiger partial charge in [0.05, 0.1) is 12.1 Å². The number of likely N-dealkylation sites (tertiary alicyclic amines) is 1. The molecule has 1 aromatic heterocycles. The van der Waals surface area contributed by atoms with Crippen LogP contribution in [0, 0.1) is 0 Å². The fraction of sp³-hybridized carbons (Fsp3) is 0.467. The Morgan fingerprint density at radius 3 is 2.65 bits per heavy atom. The summed E-state index contributed by atoms with van der Waals surface area (Å²) >= 11 is 0. The van der Waals surface area contributed by atoms with Crippen LogP contribution in [0.4, 0.5) is 0 Å². The monoisotopic (exact) mass is 273 g/mol. The third-order valence-corrected chi connectivity index (χ3v) is 3.79. The van der Waals surface area contributed by atoms with E-state index in [0.717, 1.165) is 31.5 Å². The van der Waals surface area contributed by atoms with E-state index >= 15 is 0 Å². The van der Waals surface area contributed by atoms with Crippen LogP contribution in [0.25, 0.3) is 11.5 Å². The first-order chi connectivity index (χ1) is 9.62. The minimum atomic E-state index is -0.525. The second kappa shape index (κ2) is 5.34. The average molecular weight is 273 g/mol. The first kappa shape index (κ1) is 13.3. The Morgan fingerprint density at radius 1 is 1.25 bits per heavy atom. The standard InChI is InChI=1S/C15H19N3O2/c1-15(19)7-9-18(10-8-15)11-13-16-14(20-17-13)12-5-3-2-4-6-12/h2-6,19H,7-11H2,1H3. The molecule has 5 heteroatoms. The molecular formula is C15H19N3O2. The maximum Gasteiger partial charge on any atom is 0.257 e. The molecule has 0 aliphatic carbocycles. The molecule has 0 spiro atoms. The highest BCUT2D eigenvalue weighted by Crippen LogP contribution is 2.22. The molecule has 1 aromatic carbocycles. The second-order valence-corrected chi connectivity index (χ2v) is 5.65. The van der Waals surface area contributed by atoms with E-state index in [1.165, 1.54) is 0 Å². The molecule has 1 aliphatic rings. The Bertz CT molecular complexity index is 556. The molecule has 0 radical (unpaired) electrons. The van der Waals surface area contributed by atoms with Gasteiger partial charge in [0.15, 0.2) is 5.82 Å². The maximum absolute atomic E-state index is 9.93. The van der Waals surface area contributed by atoms with Crippen LogP contribution >= 0.6 is 0 Å². The fourth-order valence-corrected chi connectivity index (χ4v) is 2.41. The highest BCUT2D eigenvalue weighted by Gasteiger charge is 2.27. The molecule has 2 aromatic rings.